The van der Waals surface area contributed by atoms with E-state index in [2.05, 4.69) is 11.9 Å². The molecule has 2 rings (SSSR count). The molecule has 0 bridgehead atoms. The van der Waals surface area contributed by atoms with Crippen LogP contribution < -0.4 is 0 Å². The van der Waals surface area contributed by atoms with Crippen LogP contribution in [0.25, 0.3) is 6.08 Å². The van der Waals surface area contributed by atoms with Crippen LogP contribution in [0.2, 0.25) is 0 Å². The highest BCUT2D eigenvalue weighted by Crippen LogP contribution is 2.38. The number of aromatic hydroxyl groups is 1. The van der Waals surface area contributed by atoms with E-state index < -0.39 is 37.6 Å². The zero-order valence-electron chi connectivity index (χ0n) is 16.2. The van der Waals surface area contributed by atoms with Crippen LogP contribution >= 0.6 is 0 Å². The predicted molar refractivity (Wildman–Crippen MR) is 107 cm³/mol. The smallest absolute Gasteiger partial charge is 0.330 e. The number of phenols is 1. The van der Waals surface area contributed by atoms with Gasteiger partial charge < -0.3 is 9.84 Å². The van der Waals surface area contributed by atoms with E-state index in [1.165, 1.54) is 6.08 Å². The van der Waals surface area contributed by atoms with E-state index in [-0.39, 0.29) is 5.97 Å². The third-order valence-electron chi connectivity index (χ3n) is 3.50. The fourth-order valence-corrected chi connectivity index (χ4v) is 1.98. The van der Waals surface area contributed by atoms with Gasteiger partial charge in [-0.2, -0.15) is 0 Å². The molecule has 0 unspecified atom stereocenters. The third kappa shape index (κ3) is 8.23. The van der Waals surface area contributed by atoms with Gasteiger partial charge in [-0.3, -0.25) is 35.3 Å². The van der Waals surface area contributed by atoms with E-state index in [1.807, 2.05) is 12.1 Å². The first-order valence-electron chi connectivity index (χ1n) is 8.72. The van der Waals surface area contributed by atoms with Gasteiger partial charge in [-0.05, 0) is 24.1 Å². The molecule has 31 heavy (non-hydrogen) atoms. The number of non-ortho nitro benzene ring substituents is 1. The molecule has 1 aromatic heterocycles. The molecule has 0 aliphatic carbocycles. The minimum absolute atomic E-state index is 0.299. The first-order chi connectivity index (χ1) is 14.7. The van der Waals surface area contributed by atoms with E-state index in [0.717, 1.165) is 18.4 Å². The molecule has 0 aliphatic heterocycles. The molecule has 0 fully saturated rings. The Morgan fingerprint density at radius 2 is 1.74 bits per heavy atom. The molecule has 0 atom stereocenters. The number of hydrogen-bond acceptors (Lipinski definition) is 10. The molecule has 13 heteroatoms. The number of carbonyl (C=O) groups excluding carboxylic acids is 1. The number of phenolic OH excluding ortho intramolecular Hbond substituents is 1. The zero-order chi connectivity index (χ0) is 23.4. The number of rotatable bonds is 8. The normalized spacial score (nSPS) is 10.1. The maximum Gasteiger partial charge on any atom is 0.330 e. The van der Waals surface area contributed by atoms with Gasteiger partial charge in [0.1, 0.15) is 0 Å². The van der Waals surface area contributed by atoms with Gasteiger partial charge in [0.15, 0.2) is 0 Å². The fraction of sp³-hybridized carbons (Fsp3) is 0.222. The predicted octanol–water partition coefficient (Wildman–Crippen LogP) is 3.55. The first kappa shape index (κ1) is 24.6. The summed E-state index contributed by atoms with van der Waals surface area (Å²) in [6.45, 7) is 2.55. The van der Waals surface area contributed by atoms with Crippen LogP contribution in [0.1, 0.15) is 25.3 Å². The van der Waals surface area contributed by atoms with E-state index in [0.29, 0.717) is 18.7 Å². The highest BCUT2D eigenvalue weighted by molar-refractivity contribution is 5.86. The number of pyridine rings is 1. The second-order valence-electron chi connectivity index (χ2n) is 5.74. The molecule has 0 saturated carbocycles. The number of benzene rings is 1. The number of unbranched alkanes of at least 4 members (excludes halogenated alkanes) is 1. The number of nitro benzene ring substituents is 3. The van der Waals surface area contributed by atoms with Crippen LogP contribution in [0.3, 0.4) is 0 Å². The molecule has 1 N–H and O–H groups in total. The lowest BCUT2D eigenvalue weighted by molar-refractivity contribution is -0.404. The van der Waals surface area contributed by atoms with Crippen molar-refractivity contribution in [3.05, 3.63) is 78.6 Å². The molecule has 1 heterocycles. The standard InChI is InChI=1S/C12H15NO2.C6H3N3O7/c1-2-3-9-15-12(14)7-6-11-5-4-8-13-10-11;10-6-4(8(13)14)1-3(7(11)12)2-5(6)9(15)16/h4-8,10H,2-3,9H2,1H3;1-2,10H/b7-6+;. The Balaban J connectivity index is 0.000000311. The molecule has 164 valence electrons. The van der Waals surface area contributed by atoms with Crippen LogP contribution in [0, 0.1) is 30.3 Å². The Hall–Kier alpha value is -4.42. The van der Waals surface area contributed by atoms with Crippen molar-refractivity contribution in [1.82, 2.24) is 4.98 Å². The maximum absolute atomic E-state index is 11.2. The quantitative estimate of drug-likeness (QED) is 0.211. The monoisotopic (exact) mass is 434 g/mol. The van der Waals surface area contributed by atoms with Gasteiger partial charge in [0, 0.05) is 18.5 Å². The lowest BCUT2D eigenvalue weighted by Gasteiger charge is -1.98. The fourth-order valence-electron chi connectivity index (χ4n) is 1.98. The van der Waals surface area contributed by atoms with Crippen LogP contribution in [0.5, 0.6) is 5.75 Å². The minimum Gasteiger partial charge on any atom is -0.497 e. The molecule has 13 nitrogen and oxygen atoms in total. The molecule has 0 radical (unpaired) electrons. The van der Waals surface area contributed by atoms with Crippen LogP contribution in [0.15, 0.2) is 42.7 Å². The summed E-state index contributed by atoms with van der Waals surface area (Å²) in [5.41, 5.74) is -2.11. The maximum atomic E-state index is 11.2. The highest BCUT2D eigenvalue weighted by atomic mass is 16.6. The number of carbonyl (C=O) groups is 1. The molecule has 0 aliphatic rings. The van der Waals surface area contributed by atoms with Gasteiger partial charge in [0.2, 0.25) is 0 Å². The van der Waals surface area contributed by atoms with Crippen molar-refractivity contribution in [2.45, 2.75) is 19.8 Å². The number of nitrogens with zero attached hydrogens (tertiary/aromatic N) is 4. The van der Waals surface area contributed by atoms with Gasteiger partial charge in [-0.25, -0.2) is 4.79 Å². The lowest BCUT2D eigenvalue weighted by atomic mass is 10.2. The van der Waals surface area contributed by atoms with Crippen molar-refractivity contribution in [2.24, 2.45) is 0 Å². The number of hydrogen-bond donors (Lipinski definition) is 1. The van der Waals surface area contributed by atoms with E-state index in [1.54, 1.807) is 18.5 Å². The molecule has 2 aromatic rings. The summed E-state index contributed by atoms with van der Waals surface area (Å²) < 4.78 is 4.96. The number of aromatic nitrogens is 1. The van der Waals surface area contributed by atoms with Crippen molar-refractivity contribution < 1.29 is 29.4 Å². The summed E-state index contributed by atoms with van der Waals surface area (Å²) in [7, 11) is 0. The van der Waals surface area contributed by atoms with E-state index >= 15 is 0 Å². The Morgan fingerprint density at radius 1 is 1.13 bits per heavy atom. The molecule has 1 aromatic carbocycles. The summed E-state index contributed by atoms with van der Waals surface area (Å²) in [5, 5.41) is 40.2. The summed E-state index contributed by atoms with van der Waals surface area (Å²) in [6, 6.07) is 4.59. The average molecular weight is 434 g/mol. The van der Waals surface area contributed by atoms with Gasteiger partial charge in [-0.15, -0.1) is 0 Å². The molecule has 0 spiro atoms. The minimum atomic E-state index is -1.21. The van der Waals surface area contributed by atoms with Crippen LogP contribution in [0.4, 0.5) is 17.1 Å². The van der Waals surface area contributed by atoms with Gasteiger partial charge in [0.25, 0.3) is 11.4 Å². The summed E-state index contributed by atoms with van der Waals surface area (Å²) >= 11 is 0. The van der Waals surface area contributed by atoms with Crippen molar-refractivity contribution in [3.63, 3.8) is 0 Å². The highest BCUT2D eigenvalue weighted by Gasteiger charge is 2.30. The number of nitro groups is 3. The first-order valence-corrected chi connectivity index (χ1v) is 8.72. The van der Waals surface area contributed by atoms with E-state index in [4.69, 9.17) is 9.84 Å². The summed E-state index contributed by atoms with van der Waals surface area (Å²) in [6.07, 6.45) is 8.44. The Labute approximate surface area is 175 Å². The van der Waals surface area contributed by atoms with Gasteiger partial charge in [0.05, 0.1) is 33.5 Å². The Kier molecular flexibility index (Phi) is 9.69. The van der Waals surface area contributed by atoms with Crippen molar-refractivity contribution in [1.29, 1.82) is 0 Å². The molecular weight excluding hydrogens is 416 g/mol. The SMILES string of the molecule is CCCCOC(=O)/C=C/c1cccnc1.O=[N+]([O-])c1cc([N+](=O)[O-])c(O)c([N+](=O)[O-])c1. The number of esters is 1. The second kappa shape index (κ2) is 12.2. The van der Waals surface area contributed by atoms with E-state index in [9.17, 15) is 35.1 Å². The average Bonchev–Trinajstić information content (AvgIpc) is 2.73. The molecule has 0 saturated heterocycles. The number of ether oxygens (including phenoxy) is 1. The third-order valence-corrected chi connectivity index (χ3v) is 3.50. The largest absolute Gasteiger partial charge is 0.497 e. The Morgan fingerprint density at radius 3 is 2.19 bits per heavy atom. The van der Waals surface area contributed by atoms with Gasteiger partial charge >= 0.3 is 17.3 Å². The van der Waals surface area contributed by atoms with Crippen molar-refractivity contribution in [3.8, 4) is 5.75 Å². The topological polar surface area (TPSA) is 189 Å². The zero-order valence-corrected chi connectivity index (χ0v) is 16.2. The summed E-state index contributed by atoms with van der Waals surface area (Å²) in [4.78, 5) is 42.9. The lowest BCUT2D eigenvalue weighted by Crippen LogP contribution is -2.01. The second-order valence-corrected chi connectivity index (χ2v) is 5.74. The van der Waals surface area contributed by atoms with Crippen molar-refractivity contribution >= 4 is 29.1 Å². The van der Waals surface area contributed by atoms with Crippen LogP contribution in [-0.4, -0.2) is 37.4 Å². The summed E-state index contributed by atoms with van der Waals surface area (Å²) in [5.74, 6) is -1.51. The Bertz CT molecular complexity index is 942. The van der Waals surface area contributed by atoms with Gasteiger partial charge in [-0.1, -0.05) is 19.4 Å². The van der Waals surface area contributed by atoms with Crippen molar-refractivity contribution in [2.75, 3.05) is 6.61 Å². The molecular formula is C18H18N4O9. The molecule has 0 amide bonds. The van der Waals surface area contributed by atoms with Crippen LogP contribution in [-0.2, 0) is 9.53 Å².